The molecule has 1 unspecified atom stereocenters. The van der Waals surface area contributed by atoms with E-state index in [4.69, 9.17) is 4.74 Å². The normalized spacial score (nSPS) is 11.7. The van der Waals surface area contributed by atoms with E-state index in [0.717, 1.165) is 15.4 Å². The van der Waals surface area contributed by atoms with Crippen molar-refractivity contribution >= 4 is 27.5 Å². The van der Waals surface area contributed by atoms with Crippen LogP contribution in [0.25, 0.3) is 0 Å². The molecule has 0 aromatic heterocycles. The number of aryl methyl sites for hydroxylation is 1. The van der Waals surface area contributed by atoms with Gasteiger partial charge in [0.15, 0.2) is 0 Å². The van der Waals surface area contributed by atoms with Crippen molar-refractivity contribution in [3.8, 4) is 11.5 Å². The molecule has 50 heavy (non-hydrogen) atoms. The average molecular weight is 694 g/mol. The van der Waals surface area contributed by atoms with E-state index in [-0.39, 0.29) is 29.1 Å². The van der Waals surface area contributed by atoms with Gasteiger partial charge in [-0.05, 0) is 73.5 Å². The minimum Gasteiger partial charge on any atom is -0.457 e. The van der Waals surface area contributed by atoms with E-state index in [1.165, 1.54) is 23.1 Å². The van der Waals surface area contributed by atoms with Crippen LogP contribution in [-0.4, -0.2) is 44.3 Å². The number of halogens is 1. The average Bonchev–Trinajstić information content (AvgIpc) is 3.13. The summed E-state index contributed by atoms with van der Waals surface area (Å²) in [6.45, 7) is 3.22. The Morgan fingerprint density at radius 1 is 0.780 bits per heavy atom. The molecule has 0 saturated carbocycles. The number of sulfonamides is 1. The highest BCUT2D eigenvalue weighted by molar-refractivity contribution is 7.92. The molecule has 5 rings (SSSR count). The Kier molecular flexibility index (Phi) is 12.0. The van der Waals surface area contributed by atoms with Gasteiger partial charge in [0.25, 0.3) is 10.0 Å². The largest absolute Gasteiger partial charge is 0.457 e. The van der Waals surface area contributed by atoms with Gasteiger partial charge in [-0.1, -0.05) is 91.3 Å². The van der Waals surface area contributed by atoms with E-state index in [1.807, 2.05) is 62.4 Å². The maximum Gasteiger partial charge on any atom is 0.264 e. The summed E-state index contributed by atoms with van der Waals surface area (Å²) in [5.74, 6) is -0.572. The molecule has 8 nitrogen and oxygen atoms in total. The van der Waals surface area contributed by atoms with Gasteiger partial charge in [0.1, 0.15) is 29.9 Å². The molecule has 0 heterocycles. The van der Waals surface area contributed by atoms with E-state index in [2.05, 4.69) is 5.32 Å². The SMILES string of the molecule is CCCNC(=O)C(Cc1ccccc1)N(Cc1ccccc1F)C(=O)CN(c1ccc(Oc2ccccc2)cc1)S(=O)(=O)c1ccc(C)cc1. The standard InChI is InChI=1S/C40H40FN3O5S/c1-3-26-42-40(46)38(27-31-12-6-4-7-13-31)43(28-32-14-10-11-17-37(32)41)39(45)29-44(50(47,48)36-24-18-30(2)19-25-36)33-20-22-35(23-21-33)49-34-15-8-5-9-16-34/h4-25,38H,3,26-29H2,1-2H3,(H,42,46). The first-order valence-corrected chi connectivity index (χ1v) is 17.9. The second-order valence-electron chi connectivity index (χ2n) is 11.8. The van der Waals surface area contributed by atoms with Crippen molar-refractivity contribution in [1.29, 1.82) is 0 Å². The summed E-state index contributed by atoms with van der Waals surface area (Å²) in [7, 11) is -4.30. The molecule has 0 radical (unpaired) electrons. The Hall–Kier alpha value is -5.48. The number of amides is 2. The van der Waals surface area contributed by atoms with Crippen molar-refractivity contribution in [2.75, 3.05) is 17.4 Å². The molecular formula is C40H40FN3O5S. The molecule has 258 valence electrons. The van der Waals surface area contributed by atoms with Crippen LogP contribution in [0.3, 0.4) is 0 Å². The van der Waals surface area contributed by atoms with Crippen LogP contribution in [-0.2, 0) is 32.6 Å². The molecule has 0 spiro atoms. The predicted molar refractivity (Wildman–Crippen MR) is 193 cm³/mol. The summed E-state index contributed by atoms with van der Waals surface area (Å²) in [5, 5.41) is 2.89. The van der Waals surface area contributed by atoms with Crippen LogP contribution in [0.2, 0.25) is 0 Å². The van der Waals surface area contributed by atoms with Crippen molar-refractivity contribution in [3.05, 3.63) is 156 Å². The number of benzene rings is 5. The van der Waals surface area contributed by atoms with Gasteiger partial charge in [0, 0.05) is 25.1 Å². The number of hydrogen-bond donors (Lipinski definition) is 1. The van der Waals surface area contributed by atoms with Crippen LogP contribution in [0, 0.1) is 12.7 Å². The minimum absolute atomic E-state index is 0.0114. The van der Waals surface area contributed by atoms with Gasteiger partial charge in [-0.15, -0.1) is 0 Å². The first kappa shape index (κ1) is 35.8. The number of nitrogens with zero attached hydrogens (tertiary/aromatic N) is 2. The second-order valence-corrected chi connectivity index (χ2v) is 13.7. The van der Waals surface area contributed by atoms with Crippen molar-refractivity contribution in [1.82, 2.24) is 10.2 Å². The Balaban J connectivity index is 1.56. The highest BCUT2D eigenvalue weighted by Gasteiger charge is 2.35. The summed E-state index contributed by atoms with van der Waals surface area (Å²) in [6, 6.07) is 36.0. The fourth-order valence-electron chi connectivity index (χ4n) is 5.40. The number of rotatable bonds is 15. The summed E-state index contributed by atoms with van der Waals surface area (Å²) in [4.78, 5) is 29.6. The third kappa shape index (κ3) is 9.15. The van der Waals surface area contributed by atoms with E-state index in [0.29, 0.717) is 24.5 Å². The number of carbonyl (C=O) groups is 2. The monoisotopic (exact) mass is 693 g/mol. The van der Waals surface area contributed by atoms with Crippen LogP contribution < -0.4 is 14.4 Å². The van der Waals surface area contributed by atoms with Crippen molar-refractivity contribution in [2.24, 2.45) is 0 Å². The number of anilines is 1. The molecular weight excluding hydrogens is 654 g/mol. The second kappa shape index (κ2) is 16.8. The number of hydrogen-bond acceptors (Lipinski definition) is 5. The van der Waals surface area contributed by atoms with Gasteiger partial charge in [-0.2, -0.15) is 0 Å². The highest BCUT2D eigenvalue weighted by atomic mass is 32.2. The Labute approximate surface area is 293 Å². The first-order valence-electron chi connectivity index (χ1n) is 16.4. The van der Waals surface area contributed by atoms with Gasteiger partial charge in [0.2, 0.25) is 11.8 Å². The number of ether oxygens (including phenoxy) is 1. The zero-order valence-electron chi connectivity index (χ0n) is 28.0. The zero-order chi connectivity index (χ0) is 35.5. The third-order valence-corrected chi connectivity index (χ3v) is 9.90. The molecule has 0 saturated heterocycles. The van der Waals surface area contributed by atoms with Gasteiger partial charge < -0.3 is 15.0 Å². The smallest absolute Gasteiger partial charge is 0.264 e. The first-order chi connectivity index (χ1) is 24.2. The molecule has 0 bridgehead atoms. The summed E-state index contributed by atoms with van der Waals surface area (Å²) in [6.07, 6.45) is 0.796. The molecule has 1 atom stereocenters. The van der Waals surface area contributed by atoms with Crippen molar-refractivity contribution in [2.45, 2.75) is 44.2 Å². The molecule has 5 aromatic carbocycles. The van der Waals surface area contributed by atoms with Crippen LogP contribution in [0.1, 0.15) is 30.0 Å². The third-order valence-electron chi connectivity index (χ3n) is 8.11. The fraction of sp³-hybridized carbons (Fsp3) is 0.200. The van der Waals surface area contributed by atoms with Crippen LogP contribution >= 0.6 is 0 Å². The Morgan fingerprint density at radius 2 is 1.38 bits per heavy atom. The quantitative estimate of drug-likeness (QED) is 0.124. The maximum atomic E-state index is 15.1. The number of nitrogens with one attached hydrogen (secondary N) is 1. The molecule has 0 aliphatic heterocycles. The number of para-hydroxylation sites is 1. The Morgan fingerprint density at radius 3 is 2.02 bits per heavy atom. The predicted octanol–water partition coefficient (Wildman–Crippen LogP) is 7.29. The molecule has 2 amide bonds. The molecule has 5 aromatic rings. The van der Waals surface area contributed by atoms with Gasteiger partial charge in [-0.3, -0.25) is 13.9 Å². The van der Waals surface area contributed by atoms with E-state index >= 15 is 4.39 Å². The van der Waals surface area contributed by atoms with Gasteiger partial charge in [0.05, 0.1) is 10.6 Å². The minimum atomic E-state index is -4.30. The van der Waals surface area contributed by atoms with Crippen LogP contribution in [0.15, 0.2) is 138 Å². The van der Waals surface area contributed by atoms with Crippen LogP contribution in [0.4, 0.5) is 10.1 Å². The zero-order valence-corrected chi connectivity index (χ0v) is 28.9. The van der Waals surface area contributed by atoms with E-state index < -0.39 is 40.2 Å². The molecule has 0 aliphatic rings. The topological polar surface area (TPSA) is 96.0 Å². The maximum absolute atomic E-state index is 15.1. The van der Waals surface area contributed by atoms with Crippen molar-refractivity contribution in [3.63, 3.8) is 0 Å². The molecule has 10 heteroatoms. The van der Waals surface area contributed by atoms with Crippen LogP contribution in [0.5, 0.6) is 11.5 Å². The summed E-state index contributed by atoms with van der Waals surface area (Å²) in [5.41, 5.74) is 2.05. The van der Waals surface area contributed by atoms with Crippen molar-refractivity contribution < 1.29 is 27.1 Å². The lowest BCUT2D eigenvalue weighted by Gasteiger charge is -2.34. The fourth-order valence-corrected chi connectivity index (χ4v) is 6.82. The summed E-state index contributed by atoms with van der Waals surface area (Å²) >= 11 is 0. The lowest BCUT2D eigenvalue weighted by Crippen LogP contribution is -2.53. The molecule has 0 fully saturated rings. The van der Waals surface area contributed by atoms with Gasteiger partial charge >= 0.3 is 0 Å². The van der Waals surface area contributed by atoms with Gasteiger partial charge in [-0.25, -0.2) is 12.8 Å². The Bertz CT molecular complexity index is 1970. The number of carbonyl (C=O) groups excluding carboxylic acids is 2. The summed E-state index contributed by atoms with van der Waals surface area (Å²) < 4.78 is 50.7. The lowest BCUT2D eigenvalue weighted by atomic mass is 10.0. The highest BCUT2D eigenvalue weighted by Crippen LogP contribution is 2.29. The molecule has 1 N–H and O–H groups in total. The van der Waals surface area contributed by atoms with E-state index in [9.17, 15) is 18.0 Å². The van der Waals surface area contributed by atoms with E-state index in [1.54, 1.807) is 66.7 Å². The lowest BCUT2D eigenvalue weighted by molar-refractivity contribution is -0.140. The molecule has 0 aliphatic carbocycles.